The molecule has 1 aliphatic heterocycles. The van der Waals surface area contributed by atoms with Gasteiger partial charge >= 0.3 is 11.8 Å². The molecule has 1 unspecified atom stereocenters. The van der Waals surface area contributed by atoms with E-state index in [1.165, 1.54) is 9.80 Å². The van der Waals surface area contributed by atoms with E-state index in [9.17, 15) is 14.4 Å². The highest BCUT2D eigenvalue weighted by atomic mass is 16.2. The fourth-order valence-corrected chi connectivity index (χ4v) is 2.32. The molecule has 112 valence electrons. The summed E-state index contributed by atoms with van der Waals surface area (Å²) in [5.41, 5.74) is 5.89. The van der Waals surface area contributed by atoms with Crippen LogP contribution in [0.15, 0.2) is 0 Å². The van der Waals surface area contributed by atoms with Gasteiger partial charge in [0, 0.05) is 32.2 Å². The average Bonchev–Trinajstić information content (AvgIpc) is 3.26. The maximum absolute atomic E-state index is 11.8. The molecule has 3 N–H and O–H groups in total. The van der Waals surface area contributed by atoms with Crippen LogP contribution in [0.5, 0.6) is 0 Å². The van der Waals surface area contributed by atoms with Crippen LogP contribution in [0, 0.1) is 5.92 Å². The van der Waals surface area contributed by atoms with Crippen molar-refractivity contribution in [3.8, 4) is 0 Å². The van der Waals surface area contributed by atoms with Gasteiger partial charge in [-0.05, 0) is 25.7 Å². The lowest BCUT2D eigenvalue weighted by Crippen LogP contribution is -2.56. The molecule has 2 rings (SSSR count). The number of nitrogens with two attached hydrogens (primary N) is 1. The first-order chi connectivity index (χ1) is 9.52. The molecule has 0 spiro atoms. The van der Waals surface area contributed by atoms with Crippen molar-refractivity contribution < 1.29 is 14.4 Å². The molecule has 1 saturated heterocycles. The van der Waals surface area contributed by atoms with Crippen LogP contribution in [0.25, 0.3) is 0 Å². The monoisotopic (exact) mass is 282 g/mol. The quantitative estimate of drug-likeness (QED) is 0.581. The van der Waals surface area contributed by atoms with Gasteiger partial charge in [0.2, 0.25) is 5.91 Å². The first kappa shape index (κ1) is 14.8. The number of carbonyl (C=O) groups excluding carboxylic acids is 3. The largest absolute Gasteiger partial charge is 0.353 e. The summed E-state index contributed by atoms with van der Waals surface area (Å²) in [4.78, 5) is 38.1. The second kappa shape index (κ2) is 6.21. The minimum Gasteiger partial charge on any atom is -0.353 e. The second-order valence-electron chi connectivity index (χ2n) is 5.42. The molecule has 0 aromatic heterocycles. The molecular formula is C13H22N4O3. The summed E-state index contributed by atoms with van der Waals surface area (Å²) in [5, 5.41) is 2.73. The number of amides is 3. The van der Waals surface area contributed by atoms with Crippen LogP contribution in [0.4, 0.5) is 0 Å². The molecule has 1 atom stereocenters. The molecule has 0 bridgehead atoms. The Kier molecular flexibility index (Phi) is 4.59. The molecule has 7 nitrogen and oxygen atoms in total. The predicted molar refractivity (Wildman–Crippen MR) is 72.5 cm³/mol. The zero-order valence-corrected chi connectivity index (χ0v) is 11.8. The number of nitrogens with one attached hydrogen (secondary N) is 1. The first-order valence-electron chi connectivity index (χ1n) is 7.13. The summed E-state index contributed by atoms with van der Waals surface area (Å²) in [6, 6.07) is -0.00628. The van der Waals surface area contributed by atoms with Gasteiger partial charge in [0.15, 0.2) is 0 Å². The fourth-order valence-electron chi connectivity index (χ4n) is 2.32. The van der Waals surface area contributed by atoms with Gasteiger partial charge in [0.1, 0.15) is 6.54 Å². The highest BCUT2D eigenvalue weighted by Crippen LogP contribution is 2.31. The smallest absolute Gasteiger partial charge is 0.312 e. The van der Waals surface area contributed by atoms with Crippen molar-refractivity contribution in [1.29, 1.82) is 0 Å². The summed E-state index contributed by atoms with van der Waals surface area (Å²) < 4.78 is 0. The number of hydrogen-bond donors (Lipinski definition) is 2. The van der Waals surface area contributed by atoms with Crippen LogP contribution >= 0.6 is 0 Å². The van der Waals surface area contributed by atoms with Gasteiger partial charge in [0.05, 0.1) is 0 Å². The Balaban J connectivity index is 1.76. The molecule has 0 aromatic carbocycles. The zero-order valence-electron chi connectivity index (χ0n) is 11.8. The van der Waals surface area contributed by atoms with Crippen LogP contribution in [0.2, 0.25) is 0 Å². The fraction of sp³-hybridized carbons (Fsp3) is 0.769. The van der Waals surface area contributed by atoms with Crippen LogP contribution < -0.4 is 11.1 Å². The zero-order chi connectivity index (χ0) is 14.7. The lowest BCUT2D eigenvalue weighted by molar-refractivity contribution is -0.156. The highest BCUT2D eigenvalue weighted by Gasteiger charge is 2.33. The van der Waals surface area contributed by atoms with Gasteiger partial charge in [0.25, 0.3) is 0 Å². The van der Waals surface area contributed by atoms with Crippen molar-refractivity contribution in [2.24, 2.45) is 11.7 Å². The molecule has 0 radical (unpaired) electrons. The van der Waals surface area contributed by atoms with Crippen LogP contribution in [0.3, 0.4) is 0 Å². The molecule has 2 fully saturated rings. The van der Waals surface area contributed by atoms with Gasteiger partial charge < -0.3 is 20.9 Å². The average molecular weight is 282 g/mol. The lowest BCUT2D eigenvalue weighted by atomic mass is 10.2. The normalized spacial score (nSPS) is 21.1. The molecule has 1 saturated carbocycles. The molecule has 7 heteroatoms. The number of carbonyl (C=O) groups is 3. The number of nitrogens with zero attached hydrogens (tertiary/aromatic N) is 2. The van der Waals surface area contributed by atoms with E-state index < -0.39 is 11.8 Å². The van der Waals surface area contributed by atoms with Crippen LogP contribution in [-0.4, -0.2) is 66.3 Å². The van der Waals surface area contributed by atoms with E-state index in [0.717, 1.165) is 12.8 Å². The van der Waals surface area contributed by atoms with Crippen LogP contribution in [0.1, 0.15) is 19.8 Å². The Labute approximate surface area is 118 Å². The van der Waals surface area contributed by atoms with E-state index in [1.54, 1.807) is 0 Å². The summed E-state index contributed by atoms with van der Waals surface area (Å²) in [7, 11) is 0. The highest BCUT2D eigenvalue weighted by molar-refractivity contribution is 6.35. The van der Waals surface area contributed by atoms with Gasteiger partial charge in [-0.15, -0.1) is 0 Å². The van der Waals surface area contributed by atoms with Crippen molar-refractivity contribution in [3.63, 3.8) is 0 Å². The third kappa shape index (κ3) is 3.47. The summed E-state index contributed by atoms with van der Waals surface area (Å²) in [6.45, 7) is 3.59. The molecule has 1 heterocycles. The van der Waals surface area contributed by atoms with Crippen molar-refractivity contribution in [3.05, 3.63) is 0 Å². The van der Waals surface area contributed by atoms with Gasteiger partial charge in [-0.2, -0.15) is 0 Å². The maximum Gasteiger partial charge on any atom is 0.312 e. The number of rotatable bonds is 6. The van der Waals surface area contributed by atoms with Crippen molar-refractivity contribution in [2.45, 2.75) is 25.8 Å². The summed E-state index contributed by atoms with van der Waals surface area (Å²) in [6.07, 6.45) is 2.26. The van der Waals surface area contributed by atoms with Gasteiger partial charge in [-0.3, -0.25) is 14.4 Å². The van der Waals surface area contributed by atoms with E-state index in [2.05, 4.69) is 5.32 Å². The second-order valence-corrected chi connectivity index (χ2v) is 5.42. The molecule has 0 aromatic rings. The predicted octanol–water partition coefficient (Wildman–Crippen LogP) is -1.47. The topological polar surface area (TPSA) is 95.7 Å². The van der Waals surface area contributed by atoms with E-state index in [1.807, 2.05) is 6.92 Å². The summed E-state index contributed by atoms with van der Waals surface area (Å²) >= 11 is 0. The van der Waals surface area contributed by atoms with Gasteiger partial charge in [-0.25, -0.2) is 0 Å². The SMILES string of the molecule is CCN1CCN(CC(=O)NCC(N)C2CC2)C(=O)C1=O. The summed E-state index contributed by atoms with van der Waals surface area (Å²) in [5.74, 6) is -0.861. The Hall–Kier alpha value is -1.63. The van der Waals surface area contributed by atoms with E-state index in [0.29, 0.717) is 32.1 Å². The minimum absolute atomic E-state index is 0.00628. The minimum atomic E-state index is -0.597. The Morgan fingerprint density at radius 3 is 2.50 bits per heavy atom. The lowest BCUT2D eigenvalue weighted by Gasteiger charge is -2.32. The van der Waals surface area contributed by atoms with Crippen molar-refractivity contribution >= 4 is 17.7 Å². The maximum atomic E-state index is 11.8. The molecule has 3 amide bonds. The van der Waals surface area contributed by atoms with Crippen molar-refractivity contribution in [1.82, 2.24) is 15.1 Å². The van der Waals surface area contributed by atoms with Crippen LogP contribution in [-0.2, 0) is 14.4 Å². The Morgan fingerprint density at radius 2 is 1.90 bits per heavy atom. The third-order valence-corrected chi connectivity index (χ3v) is 3.88. The molecule has 1 aliphatic carbocycles. The van der Waals surface area contributed by atoms with Gasteiger partial charge in [-0.1, -0.05) is 0 Å². The number of piperazine rings is 1. The van der Waals surface area contributed by atoms with E-state index in [4.69, 9.17) is 5.73 Å². The third-order valence-electron chi connectivity index (χ3n) is 3.88. The number of likely N-dealkylation sites (N-methyl/N-ethyl adjacent to an activating group) is 1. The molecule has 20 heavy (non-hydrogen) atoms. The van der Waals surface area contributed by atoms with Crippen molar-refractivity contribution in [2.75, 3.05) is 32.7 Å². The Bertz CT molecular complexity index is 408. The number of hydrogen-bond acceptors (Lipinski definition) is 4. The first-order valence-corrected chi connectivity index (χ1v) is 7.13. The molecular weight excluding hydrogens is 260 g/mol. The standard InChI is InChI=1S/C13H22N4O3/c1-2-16-5-6-17(13(20)12(16)19)8-11(18)15-7-10(14)9-3-4-9/h9-10H,2-8,14H2,1H3,(H,15,18). The molecule has 2 aliphatic rings. The van der Waals surface area contributed by atoms with E-state index >= 15 is 0 Å². The Morgan fingerprint density at radius 1 is 1.30 bits per heavy atom. The van der Waals surface area contributed by atoms with E-state index in [-0.39, 0.29) is 18.5 Å².